The minimum absolute atomic E-state index is 0.0536. The van der Waals surface area contributed by atoms with E-state index in [1.807, 2.05) is 0 Å². The molecular weight excluding hydrogens is 502 g/mol. The second-order valence-corrected chi connectivity index (χ2v) is 7.03. The number of aromatic carboxylic acids is 1. The van der Waals surface area contributed by atoms with Crippen LogP contribution < -0.4 is 0 Å². The van der Waals surface area contributed by atoms with E-state index in [1.165, 1.54) is 0 Å². The molecule has 0 aromatic heterocycles. The Hall–Kier alpha value is -2.40. The molecule has 2 nitrogen and oxygen atoms in total. The summed E-state index contributed by atoms with van der Waals surface area (Å²) < 4.78 is 121. The average Bonchev–Trinajstić information content (AvgIpc) is 2.65. The molecule has 0 radical (unpaired) electrons. The van der Waals surface area contributed by atoms with E-state index in [0.717, 1.165) is 0 Å². The van der Waals surface area contributed by atoms with Gasteiger partial charge in [0.1, 0.15) is 6.17 Å². The standard InChI is InChI=1S/C19H9Cl2F9O2/c20-13-5-8(3-10(15(13)21)16(23)24)11(18(25,26)27)6-14(22)7-1-2-9(17(31)32)12(4-7)19(28,29)30/h1-6,14,16H,(H,31,32)/b11-6-. The number of rotatable bonds is 5. The maximum atomic E-state index is 14.6. The minimum Gasteiger partial charge on any atom is -0.478 e. The van der Waals surface area contributed by atoms with Crippen molar-refractivity contribution in [2.45, 2.75) is 24.9 Å². The van der Waals surface area contributed by atoms with Crippen LogP contribution in [0, 0.1) is 0 Å². The summed E-state index contributed by atoms with van der Waals surface area (Å²) in [6, 6.07) is 1.89. The number of allylic oxidation sites excluding steroid dienone is 2. The number of hydrogen-bond acceptors (Lipinski definition) is 1. The first-order valence-corrected chi connectivity index (χ1v) is 8.94. The molecule has 0 aliphatic heterocycles. The zero-order valence-corrected chi connectivity index (χ0v) is 16.6. The molecule has 0 heterocycles. The summed E-state index contributed by atoms with van der Waals surface area (Å²) in [4.78, 5) is 11.0. The number of benzene rings is 2. The van der Waals surface area contributed by atoms with Crippen LogP contribution in [-0.4, -0.2) is 17.3 Å². The molecule has 13 heteroatoms. The van der Waals surface area contributed by atoms with Crippen LogP contribution in [0.15, 0.2) is 36.4 Å². The van der Waals surface area contributed by atoms with Gasteiger partial charge in [0.25, 0.3) is 6.43 Å². The third-order valence-electron chi connectivity index (χ3n) is 4.12. The summed E-state index contributed by atoms with van der Waals surface area (Å²) in [6.45, 7) is 0. The Bertz CT molecular complexity index is 1060. The van der Waals surface area contributed by atoms with Crippen LogP contribution >= 0.6 is 23.2 Å². The maximum absolute atomic E-state index is 14.6. The lowest BCUT2D eigenvalue weighted by atomic mass is 9.97. The molecule has 1 atom stereocenters. The summed E-state index contributed by atoms with van der Waals surface area (Å²) in [5.74, 6) is -1.99. The van der Waals surface area contributed by atoms with E-state index in [2.05, 4.69) is 0 Å². The summed E-state index contributed by atoms with van der Waals surface area (Å²) in [7, 11) is 0. The van der Waals surface area contributed by atoms with Crippen molar-refractivity contribution >= 4 is 34.7 Å². The lowest BCUT2D eigenvalue weighted by molar-refractivity contribution is -0.138. The number of carboxylic acids is 1. The number of carbonyl (C=O) groups is 1. The minimum atomic E-state index is -5.32. The van der Waals surface area contributed by atoms with Crippen LogP contribution in [0.5, 0.6) is 0 Å². The highest BCUT2D eigenvalue weighted by Gasteiger charge is 2.38. The van der Waals surface area contributed by atoms with Gasteiger partial charge in [0.05, 0.1) is 26.7 Å². The lowest BCUT2D eigenvalue weighted by Gasteiger charge is -2.17. The Labute approximate surface area is 183 Å². The highest BCUT2D eigenvalue weighted by molar-refractivity contribution is 6.42. The predicted octanol–water partition coefficient (Wildman–Crippen LogP) is 8.30. The Morgan fingerprint density at radius 3 is 2.03 bits per heavy atom. The van der Waals surface area contributed by atoms with Crippen LogP contribution in [0.4, 0.5) is 39.5 Å². The smallest absolute Gasteiger partial charge is 0.417 e. The molecule has 2 aromatic rings. The monoisotopic (exact) mass is 510 g/mol. The molecule has 0 saturated carbocycles. The molecular formula is C19H9Cl2F9O2. The third-order valence-corrected chi connectivity index (χ3v) is 4.94. The average molecular weight is 511 g/mol. The zero-order chi connectivity index (χ0) is 24.6. The molecule has 0 aliphatic carbocycles. The molecule has 32 heavy (non-hydrogen) atoms. The molecule has 0 saturated heterocycles. The van der Waals surface area contributed by atoms with Crippen molar-refractivity contribution in [2.75, 3.05) is 0 Å². The van der Waals surface area contributed by atoms with E-state index in [4.69, 9.17) is 28.3 Å². The maximum Gasteiger partial charge on any atom is 0.417 e. The Kier molecular flexibility index (Phi) is 7.45. The van der Waals surface area contributed by atoms with Gasteiger partial charge in [-0.2, -0.15) is 26.3 Å². The van der Waals surface area contributed by atoms with Crippen molar-refractivity contribution in [1.29, 1.82) is 0 Å². The number of halogens is 11. The van der Waals surface area contributed by atoms with Gasteiger partial charge < -0.3 is 5.11 Å². The fourth-order valence-corrected chi connectivity index (χ4v) is 3.09. The summed E-state index contributed by atoms with van der Waals surface area (Å²) >= 11 is 11.1. The van der Waals surface area contributed by atoms with E-state index in [-0.39, 0.29) is 12.1 Å². The van der Waals surface area contributed by atoms with Gasteiger partial charge in [-0.25, -0.2) is 18.0 Å². The molecule has 0 spiro atoms. The van der Waals surface area contributed by atoms with Crippen molar-refractivity contribution in [1.82, 2.24) is 0 Å². The van der Waals surface area contributed by atoms with Gasteiger partial charge in [0, 0.05) is 5.56 Å². The zero-order valence-electron chi connectivity index (χ0n) is 15.1. The molecule has 0 fully saturated rings. The molecule has 2 rings (SSSR count). The highest BCUT2D eigenvalue weighted by atomic mass is 35.5. The van der Waals surface area contributed by atoms with Gasteiger partial charge in [-0.05, 0) is 41.5 Å². The SMILES string of the molecule is O=C(O)c1ccc(C(F)/C=C(/c2cc(Cl)c(Cl)c(C(F)F)c2)C(F)(F)F)cc1C(F)(F)F. The molecule has 0 bridgehead atoms. The molecule has 0 aliphatic rings. The summed E-state index contributed by atoms with van der Waals surface area (Å²) in [6.07, 6.45) is -16.8. The molecule has 1 N–H and O–H groups in total. The van der Waals surface area contributed by atoms with E-state index < -0.39 is 74.4 Å². The summed E-state index contributed by atoms with van der Waals surface area (Å²) in [5.41, 5.74) is -7.83. The van der Waals surface area contributed by atoms with Crippen LogP contribution in [0.3, 0.4) is 0 Å². The van der Waals surface area contributed by atoms with E-state index >= 15 is 0 Å². The van der Waals surface area contributed by atoms with Crippen molar-refractivity contribution in [2.24, 2.45) is 0 Å². The topological polar surface area (TPSA) is 37.3 Å². The number of alkyl halides is 9. The first kappa shape index (κ1) is 25.9. The van der Waals surface area contributed by atoms with E-state index in [1.54, 1.807) is 0 Å². The second kappa shape index (κ2) is 9.22. The lowest BCUT2D eigenvalue weighted by Crippen LogP contribution is -2.14. The quantitative estimate of drug-likeness (QED) is 0.410. The van der Waals surface area contributed by atoms with Gasteiger partial charge >= 0.3 is 18.3 Å². The van der Waals surface area contributed by atoms with Crippen LogP contribution in [0.1, 0.15) is 45.2 Å². The van der Waals surface area contributed by atoms with Gasteiger partial charge in [-0.3, -0.25) is 0 Å². The Morgan fingerprint density at radius 1 is 0.969 bits per heavy atom. The van der Waals surface area contributed by atoms with E-state index in [9.17, 15) is 44.3 Å². The Morgan fingerprint density at radius 2 is 1.56 bits per heavy atom. The number of carboxylic acid groups (broad SMARTS) is 1. The molecule has 1 unspecified atom stereocenters. The van der Waals surface area contributed by atoms with Gasteiger partial charge in [-0.15, -0.1) is 0 Å². The van der Waals surface area contributed by atoms with Crippen molar-refractivity contribution < 1.29 is 49.4 Å². The van der Waals surface area contributed by atoms with E-state index in [0.29, 0.717) is 24.3 Å². The van der Waals surface area contributed by atoms with Crippen molar-refractivity contribution in [3.8, 4) is 0 Å². The first-order valence-electron chi connectivity index (χ1n) is 8.19. The molecule has 174 valence electrons. The second-order valence-electron chi connectivity index (χ2n) is 6.25. The Balaban J connectivity index is 2.66. The van der Waals surface area contributed by atoms with Gasteiger partial charge in [0.15, 0.2) is 0 Å². The highest BCUT2D eigenvalue weighted by Crippen LogP contribution is 2.42. The van der Waals surface area contributed by atoms with Gasteiger partial charge in [0.2, 0.25) is 0 Å². The molecule has 0 amide bonds. The predicted molar refractivity (Wildman–Crippen MR) is 97.7 cm³/mol. The summed E-state index contributed by atoms with van der Waals surface area (Å²) in [5, 5.41) is 7.43. The third kappa shape index (κ3) is 5.69. The van der Waals surface area contributed by atoms with Crippen molar-refractivity contribution in [3.63, 3.8) is 0 Å². The number of hydrogen-bond donors (Lipinski definition) is 1. The molecule has 2 aromatic carbocycles. The van der Waals surface area contributed by atoms with Crippen LogP contribution in [0.25, 0.3) is 5.57 Å². The van der Waals surface area contributed by atoms with Crippen LogP contribution in [0.2, 0.25) is 10.0 Å². The largest absolute Gasteiger partial charge is 0.478 e. The van der Waals surface area contributed by atoms with Crippen LogP contribution in [-0.2, 0) is 6.18 Å². The fourth-order valence-electron chi connectivity index (χ4n) is 2.68. The van der Waals surface area contributed by atoms with Crippen molar-refractivity contribution in [3.05, 3.63) is 74.3 Å². The fraction of sp³-hybridized carbons (Fsp3) is 0.211. The van der Waals surface area contributed by atoms with Gasteiger partial charge in [-0.1, -0.05) is 29.3 Å². The normalized spacial score (nSPS) is 14.1. The first-order chi connectivity index (χ1) is 14.5.